The highest BCUT2D eigenvalue weighted by molar-refractivity contribution is 7.99. The van der Waals surface area contributed by atoms with Gasteiger partial charge < -0.3 is 15.3 Å². The molecule has 2 N–H and O–H groups in total. The molecule has 1 saturated heterocycles. The van der Waals surface area contributed by atoms with E-state index in [1.165, 1.54) is 23.1 Å². The normalized spacial score (nSPS) is 18.4. The van der Waals surface area contributed by atoms with E-state index < -0.39 is 23.9 Å². The maximum Gasteiger partial charge on any atom is 0.322 e. The van der Waals surface area contributed by atoms with Crippen molar-refractivity contribution in [2.45, 2.75) is 12.5 Å². The first kappa shape index (κ1) is 15.9. The summed E-state index contributed by atoms with van der Waals surface area (Å²) in [6.07, 6.45) is -0.127. The molecule has 1 aliphatic heterocycles. The van der Waals surface area contributed by atoms with Crippen LogP contribution in [0.5, 0.6) is 0 Å². The van der Waals surface area contributed by atoms with Crippen LogP contribution in [0.4, 0.5) is 14.9 Å². The number of rotatable bonds is 3. The molecule has 2 rings (SSSR count). The lowest BCUT2D eigenvalue weighted by Crippen LogP contribution is -2.49. The van der Waals surface area contributed by atoms with Gasteiger partial charge in [0.15, 0.2) is 5.82 Å². The number of carbonyl (C=O) groups is 2. The molecule has 1 fully saturated rings. The number of carboxylic acids is 1. The first-order valence-electron chi connectivity index (χ1n) is 6.30. The Labute approximate surface area is 130 Å². The first-order chi connectivity index (χ1) is 9.99. The second kappa shape index (κ2) is 7.00. The van der Waals surface area contributed by atoms with Crippen LogP contribution in [0, 0.1) is 5.82 Å². The number of thioether (sulfide) groups is 1. The van der Waals surface area contributed by atoms with E-state index >= 15 is 0 Å². The van der Waals surface area contributed by atoms with Crippen LogP contribution in [0.15, 0.2) is 18.2 Å². The van der Waals surface area contributed by atoms with Crippen LogP contribution >= 0.6 is 23.4 Å². The molecule has 114 valence electrons. The minimum absolute atomic E-state index is 0.0141. The van der Waals surface area contributed by atoms with Crippen molar-refractivity contribution in [3.63, 3.8) is 0 Å². The molecule has 0 aromatic heterocycles. The molecule has 21 heavy (non-hydrogen) atoms. The number of carboxylic acid groups (broad SMARTS) is 1. The highest BCUT2D eigenvalue weighted by Gasteiger charge is 2.29. The van der Waals surface area contributed by atoms with E-state index in [4.69, 9.17) is 16.7 Å². The summed E-state index contributed by atoms with van der Waals surface area (Å²) in [7, 11) is 0. The molecule has 0 bridgehead atoms. The molecule has 0 radical (unpaired) electrons. The van der Waals surface area contributed by atoms with E-state index in [-0.39, 0.29) is 17.1 Å². The number of nitrogens with one attached hydrogen (secondary N) is 1. The van der Waals surface area contributed by atoms with Crippen LogP contribution in [0.2, 0.25) is 5.02 Å². The largest absolute Gasteiger partial charge is 0.481 e. The molecule has 1 aromatic carbocycles. The van der Waals surface area contributed by atoms with E-state index in [1.807, 2.05) is 0 Å². The van der Waals surface area contributed by atoms with Crippen LogP contribution in [0.25, 0.3) is 0 Å². The number of anilines is 1. The van der Waals surface area contributed by atoms with Crippen molar-refractivity contribution in [1.82, 2.24) is 4.90 Å². The summed E-state index contributed by atoms with van der Waals surface area (Å²) in [5, 5.41) is 11.3. The van der Waals surface area contributed by atoms with E-state index in [1.54, 1.807) is 11.8 Å². The minimum atomic E-state index is -0.964. The summed E-state index contributed by atoms with van der Waals surface area (Å²) in [6, 6.07) is 3.41. The third-order valence-corrected chi connectivity index (χ3v) is 4.48. The number of hydrogen-bond acceptors (Lipinski definition) is 3. The number of aliphatic carboxylic acids is 1. The van der Waals surface area contributed by atoms with Gasteiger partial charge in [0, 0.05) is 18.1 Å². The summed E-state index contributed by atoms with van der Waals surface area (Å²) in [6.45, 7) is 0.427. The number of amides is 2. The van der Waals surface area contributed by atoms with Gasteiger partial charge in [-0.1, -0.05) is 17.7 Å². The quantitative estimate of drug-likeness (QED) is 0.893. The van der Waals surface area contributed by atoms with Gasteiger partial charge >= 0.3 is 12.0 Å². The SMILES string of the molecule is O=C(O)CC1CSCCN1C(=O)Nc1cccc(Cl)c1F. The molecule has 5 nitrogen and oxygen atoms in total. The first-order valence-corrected chi connectivity index (χ1v) is 7.83. The Bertz CT molecular complexity index is 558. The van der Waals surface area contributed by atoms with E-state index in [0.717, 1.165) is 5.75 Å². The molecule has 0 aliphatic carbocycles. The van der Waals surface area contributed by atoms with Crippen molar-refractivity contribution < 1.29 is 19.1 Å². The highest BCUT2D eigenvalue weighted by Crippen LogP contribution is 2.24. The van der Waals surface area contributed by atoms with Gasteiger partial charge in [0.25, 0.3) is 0 Å². The summed E-state index contributed by atoms with van der Waals surface area (Å²) < 4.78 is 13.8. The number of hydrogen-bond donors (Lipinski definition) is 2. The van der Waals surface area contributed by atoms with Gasteiger partial charge in [-0.25, -0.2) is 9.18 Å². The predicted octanol–water partition coefficient (Wildman–Crippen LogP) is 2.90. The van der Waals surface area contributed by atoms with Crippen molar-refractivity contribution in [3.05, 3.63) is 29.0 Å². The van der Waals surface area contributed by atoms with E-state index in [0.29, 0.717) is 12.3 Å². The third kappa shape index (κ3) is 4.01. The lowest BCUT2D eigenvalue weighted by atomic mass is 10.2. The molecule has 1 aromatic rings. The third-order valence-electron chi connectivity index (χ3n) is 3.09. The molecule has 2 amide bonds. The summed E-state index contributed by atoms with van der Waals surface area (Å²) in [5.41, 5.74) is -0.0141. The zero-order chi connectivity index (χ0) is 15.4. The van der Waals surface area contributed by atoms with Crippen molar-refractivity contribution in [3.8, 4) is 0 Å². The number of nitrogens with zero attached hydrogens (tertiary/aromatic N) is 1. The fraction of sp³-hybridized carbons (Fsp3) is 0.385. The Morgan fingerprint density at radius 2 is 2.29 bits per heavy atom. The smallest absolute Gasteiger partial charge is 0.322 e. The van der Waals surface area contributed by atoms with Crippen LogP contribution in [-0.4, -0.2) is 46.1 Å². The zero-order valence-corrected chi connectivity index (χ0v) is 12.6. The molecular formula is C13H14ClFN2O3S. The van der Waals surface area contributed by atoms with Crippen LogP contribution in [0.1, 0.15) is 6.42 Å². The number of halogens is 2. The van der Waals surface area contributed by atoms with Gasteiger partial charge in [-0.05, 0) is 12.1 Å². The summed E-state index contributed by atoms with van der Waals surface area (Å²) >= 11 is 7.26. The van der Waals surface area contributed by atoms with Gasteiger partial charge in [-0.3, -0.25) is 4.79 Å². The molecule has 8 heteroatoms. The maximum atomic E-state index is 13.8. The minimum Gasteiger partial charge on any atom is -0.481 e. The summed E-state index contributed by atoms with van der Waals surface area (Å²) in [4.78, 5) is 24.5. The lowest BCUT2D eigenvalue weighted by molar-refractivity contribution is -0.137. The predicted molar refractivity (Wildman–Crippen MR) is 80.5 cm³/mol. The Kier molecular flexibility index (Phi) is 5.30. The molecule has 0 saturated carbocycles. The van der Waals surface area contributed by atoms with Crippen LogP contribution in [-0.2, 0) is 4.79 Å². The monoisotopic (exact) mass is 332 g/mol. The lowest BCUT2D eigenvalue weighted by Gasteiger charge is -2.34. The van der Waals surface area contributed by atoms with Gasteiger partial charge in [0.05, 0.1) is 23.2 Å². The van der Waals surface area contributed by atoms with Gasteiger partial charge in [-0.2, -0.15) is 11.8 Å². The van der Waals surface area contributed by atoms with Gasteiger partial charge in [0.2, 0.25) is 0 Å². The van der Waals surface area contributed by atoms with Gasteiger partial charge in [0.1, 0.15) is 0 Å². The molecule has 0 spiro atoms. The van der Waals surface area contributed by atoms with Crippen molar-refractivity contribution in [2.75, 3.05) is 23.4 Å². The Morgan fingerprint density at radius 3 is 3.00 bits per heavy atom. The van der Waals surface area contributed by atoms with Crippen LogP contribution < -0.4 is 5.32 Å². The molecule has 1 atom stereocenters. The van der Waals surface area contributed by atoms with Crippen molar-refractivity contribution in [2.24, 2.45) is 0 Å². The second-order valence-corrected chi connectivity index (χ2v) is 6.11. The average molecular weight is 333 g/mol. The van der Waals surface area contributed by atoms with Crippen molar-refractivity contribution in [1.29, 1.82) is 0 Å². The number of benzene rings is 1. The number of urea groups is 1. The summed E-state index contributed by atoms with van der Waals surface area (Å²) in [5.74, 6) is -0.387. The van der Waals surface area contributed by atoms with Gasteiger partial charge in [-0.15, -0.1) is 0 Å². The maximum absolute atomic E-state index is 13.8. The highest BCUT2D eigenvalue weighted by atomic mass is 35.5. The molecule has 1 unspecified atom stereocenters. The molecular weight excluding hydrogens is 319 g/mol. The second-order valence-electron chi connectivity index (χ2n) is 4.55. The fourth-order valence-corrected chi connectivity index (χ4v) is 3.32. The Hall–Kier alpha value is -1.47. The zero-order valence-electron chi connectivity index (χ0n) is 11.0. The standard InChI is InChI=1S/C13H14ClFN2O3S/c14-9-2-1-3-10(12(9)15)16-13(20)17-4-5-21-7-8(17)6-11(18)19/h1-3,8H,4-7H2,(H,16,20)(H,18,19). The Balaban J connectivity index is 2.10. The number of carbonyl (C=O) groups excluding carboxylic acids is 1. The van der Waals surface area contributed by atoms with E-state index in [2.05, 4.69) is 5.32 Å². The van der Waals surface area contributed by atoms with E-state index in [9.17, 15) is 14.0 Å². The molecule has 1 aliphatic rings. The van der Waals surface area contributed by atoms with Crippen molar-refractivity contribution >= 4 is 41.1 Å². The Morgan fingerprint density at radius 1 is 1.52 bits per heavy atom. The van der Waals surface area contributed by atoms with Crippen LogP contribution in [0.3, 0.4) is 0 Å². The average Bonchev–Trinajstić information content (AvgIpc) is 2.44. The topological polar surface area (TPSA) is 69.6 Å². The fourth-order valence-electron chi connectivity index (χ4n) is 2.08. The molecule has 1 heterocycles.